The van der Waals surface area contributed by atoms with Crippen molar-refractivity contribution in [2.45, 2.75) is 104 Å². The molecule has 0 radical (unpaired) electrons. The predicted octanol–water partition coefficient (Wildman–Crippen LogP) is 9.14. The Labute approximate surface area is 213 Å². The number of carbonyl (C=O) groups excluding carboxylic acids is 1. The molecule has 2 N–H and O–H groups in total. The van der Waals surface area contributed by atoms with E-state index in [0.29, 0.717) is 23.6 Å². The molecule has 0 spiro atoms. The zero-order valence-electron chi connectivity index (χ0n) is 22.1. The van der Waals surface area contributed by atoms with Crippen LogP contribution in [-0.4, -0.2) is 17.6 Å². The highest BCUT2D eigenvalue weighted by molar-refractivity contribution is 6.06. The van der Waals surface area contributed by atoms with Crippen LogP contribution in [0.2, 0.25) is 0 Å². The minimum absolute atomic E-state index is 0.121. The highest BCUT2D eigenvalue weighted by Crippen LogP contribution is 2.22. The zero-order chi connectivity index (χ0) is 25.1. The van der Waals surface area contributed by atoms with Gasteiger partial charge >= 0.3 is 0 Å². The normalized spacial score (nSPS) is 11.1. The van der Waals surface area contributed by atoms with E-state index in [4.69, 9.17) is 4.74 Å². The van der Waals surface area contributed by atoms with Crippen LogP contribution in [-0.2, 0) is 0 Å². The lowest BCUT2D eigenvalue weighted by Gasteiger charge is -2.12. The first-order valence-corrected chi connectivity index (χ1v) is 13.9. The molecule has 0 atom stereocenters. The van der Waals surface area contributed by atoms with Gasteiger partial charge < -0.3 is 15.2 Å². The van der Waals surface area contributed by atoms with Gasteiger partial charge in [-0.05, 0) is 36.6 Å². The number of aromatic hydroxyl groups is 1. The smallest absolute Gasteiger partial charge is 0.259 e. The molecule has 0 heterocycles. The van der Waals surface area contributed by atoms with Gasteiger partial charge in [0.1, 0.15) is 11.5 Å². The fourth-order valence-electron chi connectivity index (χ4n) is 4.34. The summed E-state index contributed by atoms with van der Waals surface area (Å²) in [7, 11) is 0. The van der Waals surface area contributed by atoms with Crippen molar-refractivity contribution in [2.24, 2.45) is 5.92 Å². The van der Waals surface area contributed by atoms with Crippen molar-refractivity contribution in [1.82, 2.24) is 0 Å². The number of unbranched alkanes of at least 4 members (excludes halogenated alkanes) is 12. The third kappa shape index (κ3) is 13.2. The number of anilines is 1. The lowest BCUT2D eigenvalue weighted by atomic mass is 10.0. The van der Waals surface area contributed by atoms with Gasteiger partial charge in [-0.3, -0.25) is 4.79 Å². The largest absolute Gasteiger partial charge is 0.508 e. The number of nitrogens with one attached hydrogen (secondary N) is 1. The number of phenolic OH excluding ortho intramolecular Hbond substituents is 1. The topological polar surface area (TPSA) is 58.6 Å². The van der Waals surface area contributed by atoms with Crippen LogP contribution >= 0.6 is 0 Å². The van der Waals surface area contributed by atoms with Crippen molar-refractivity contribution >= 4 is 11.6 Å². The van der Waals surface area contributed by atoms with Gasteiger partial charge in [0.05, 0.1) is 12.2 Å². The number of para-hydroxylation sites is 1. The molecule has 2 aromatic carbocycles. The second-order valence-corrected chi connectivity index (χ2v) is 10.1. The summed E-state index contributed by atoms with van der Waals surface area (Å²) in [6.45, 7) is 5.25. The number of hydrogen-bond donors (Lipinski definition) is 2. The quantitative estimate of drug-likeness (QED) is 0.197. The fourth-order valence-corrected chi connectivity index (χ4v) is 4.34. The maximum absolute atomic E-state index is 12.7. The van der Waals surface area contributed by atoms with Crippen LogP contribution in [0.5, 0.6) is 11.5 Å². The van der Waals surface area contributed by atoms with E-state index < -0.39 is 0 Å². The summed E-state index contributed by atoms with van der Waals surface area (Å²) in [6.07, 6.45) is 18.7. The highest BCUT2D eigenvalue weighted by Gasteiger charge is 2.12. The first kappa shape index (κ1) is 28.7. The number of carbonyl (C=O) groups is 1. The van der Waals surface area contributed by atoms with E-state index in [0.717, 1.165) is 18.8 Å². The van der Waals surface area contributed by atoms with Crippen molar-refractivity contribution in [2.75, 3.05) is 11.9 Å². The summed E-state index contributed by atoms with van der Waals surface area (Å²) in [5.41, 5.74) is 1.06. The zero-order valence-corrected chi connectivity index (χ0v) is 22.1. The Bertz CT molecular complexity index is 833. The summed E-state index contributed by atoms with van der Waals surface area (Å²) >= 11 is 0. The third-order valence-corrected chi connectivity index (χ3v) is 6.42. The molecule has 1 amide bonds. The van der Waals surface area contributed by atoms with E-state index in [1.54, 1.807) is 24.3 Å². The van der Waals surface area contributed by atoms with E-state index in [-0.39, 0.29) is 11.7 Å². The van der Waals surface area contributed by atoms with Gasteiger partial charge in [-0.2, -0.15) is 0 Å². The molecule has 0 bridgehead atoms. The van der Waals surface area contributed by atoms with Gasteiger partial charge in [0.2, 0.25) is 0 Å². The Balaban J connectivity index is 1.49. The van der Waals surface area contributed by atoms with Gasteiger partial charge in [-0.15, -0.1) is 0 Å². The van der Waals surface area contributed by atoms with Crippen LogP contribution in [0.1, 0.15) is 114 Å². The Kier molecular flexibility index (Phi) is 14.7. The standard InChI is InChI=1S/C31H47NO3/c1-26(2)19-14-12-10-8-6-4-3-5-7-9-11-13-17-24-35-30-23-16-15-22-29(30)31(34)32-27-20-18-21-28(33)25-27/h15-16,18,20-23,25-26,33H,3-14,17,19,24H2,1-2H3,(H,32,34). The monoisotopic (exact) mass is 481 g/mol. The van der Waals surface area contributed by atoms with Crippen molar-refractivity contribution < 1.29 is 14.6 Å². The number of phenols is 1. The molecule has 0 aliphatic heterocycles. The Morgan fingerprint density at radius 1 is 0.771 bits per heavy atom. The lowest BCUT2D eigenvalue weighted by Crippen LogP contribution is -2.13. The average Bonchev–Trinajstić information content (AvgIpc) is 2.84. The summed E-state index contributed by atoms with van der Waals surface area (Å²) in [6, 6.07) is 13.9. The minimum atomic E-state index is -0.239. The van der Waals surface area contributed by atoms with Gasteiger partial charge in [0.15, 0.2) is 0 Å². The Morgan fingerprint density at radius 3 is 1.94 bits per heavy atom. The molecule has 194 valence electrons. The van der Waals surface area contributed by atoms with Crippen LogP contribution in [0, 0.1) is 5.92 Å². The van der Waals surface area contributed by atoms with Crippen molar-refractivity contribution in [3.8, 4) is 11.5 Å². The molecule has 0 fully saturated rings. The number of benzene rings is 2. The van der Waals surface area contributed by atoms with Gasteiger partial charge in [-0.25, -0.2) is 0 Å². The molecule has 2 aromatic rings. The van der Waals surface area contributed by atoms with Crippen LogP contribution in [0.3, 0.4) is 0 Å². The molecule has 0 aliphatic rings. The van der Waals surface area contributed by atoms with Crippen LogP contribution in [0.15, 0.2) is 48.5 Å². The first-order valence-electron chi connectivity index (χ1n) is 13.9. The number of rotatable bonds is 19. The van der Waals surface area contributed by atoms with Gasteiger partial charge in [-0.1, -0.05) is 116 Å². The SMILES string of the molecule is CC(C)CCCCCCCCCCCCCCCOc1ccccc1C(=O)Nc1cccc(O)c1. The van der Waals surface area contributed by atoms with Crippen molar-refractivity contribution in [3.63, 3.8) is 0 Å². The van der Waals surface area contributed by atoms with Crippen LogP contribution < -0.4 is 10.1 Å². The molecule has 4 heteroatoms. The predicted molar refractivity (Wildman–Crippen MR) is 147 cm³/mol. The second-order valence-electron chi connectivity index (χ2n) is 10.1. The molecular formula is C31H47NO3. The average molecular weight is 482 g/mol. The molecule has 4 nitrogen and oxygen atoms in total. The van der Waals surface area contributed by atoms with E-state index in [9.17, 15) is 9.90 Å². The summed E-state index contributed by atoms with van der Waals surface area (Å²) in [4.78, 5) is 12.7. The van der Waals surface area contributed by atoms with E-state index >= 15 is 0 Å². The Morgan fingerprint density at radius 2 is 1.34 bits per heavy atom. The number of ether oxygens (including phenoxy) is 1. The maximum atomic E-state index is 12.7. The molecule has 2 rings (SSSR count). The molecule has 0 unspecified atom stereocenters. The second kappa shape index (κ2) is 17.9. The summed E-state index contributed by atoms with van der Waals surface area (Å²) < 4.78 is 5.93. The van der Waals surface area contributed by atoms with Crippen LogP contribution in [0.4, 0.5) is 5.69 Å². The van der Waals surface area contributed by atoms with Gasteiger partial charge in [0.25, 0.3) is 5.91 Å². The van der Waals surface area contributed by atoms with Crippen LogP contribution in [0.25, 0.3) is 0 Å². The maximum Gasteiger partial charge on any atom is 0.259 e. The molecule has 0 aromatic heterocycles. The summed E-state index contributed by atoms with van der Waals surface area (Å²) in [5.74, 6) is 1.34. The summed E-state index contributed by atoms with van der Waals surface area (Å²) in [5, 5.41) is 12.4. The number of amides is 1. The number of hydrogen-bond acceptors (Lipinski definition) is 3. The molecule has 0 saturated carbocycles. The van der Waals surface area contributed by atoms with E-state index in [1.807, 2.05) is 18.2 Å². The molecule has 0 aliphatic carbocycles. The lowest BCUT2D eigenvalue weighted by molar-refractivity contribution is 0.102. The minimum Gasteiger partial charge on any atom is -0.508 e. The fraction of sp³-hybridized carbons (Fsp3) is 0.581. The molecular weight excluding hydrogens is 434 g/mol. The van der Waals surface area contributed by atoms with Crippen molar-refractivity contribution in [3.05, 3.63) is 54.1 Å². The highest BCUT2D eigenvalue weighted by atomic mass is 16.5. The molecule has 0 saturated heterocycles. The van der Waals surface area contributed by atoms with Gasteiger partial charge in [0, 0.05) is 11.8 Å². The molecule has 35 heavy (non-hydrogen) atoms. The van der Waals surface area contributed by atoms with E-state index in [2.05, 4.69) is 19.2 Å². The third-order valence-electron chi connectivity index (χ3n) is 6.42. The van der Waals surface area contributed by atoms with E-state index in [1.165, 1.54) is 83.1 Å². The first-order chi connectivity index (χ1) is 17.1. The van der Waals surface area contributed by atoms with Crippen molar-refractivity contribution in [1.29, 1.82) is 0 Å². The Hall–Kier alpha value is -2.49.